The van der Waals surface area contributed by atoms with Crippen molar-refractivity contribution in [3.63, 3.8) is 0 Å². The molecule has 8 heteroatoms. The van der Waals surface area contributed by atoms with Gasteiger partial charge < -0.3 is 14.6 Å². The van der Waals surface area contributed by atoms with Crippen molar-refractivity contribution in [2.45, 2.75) is 32.7 Å². The molecule has 1 unspecified atom stereocenters. The Hall–Kier alpha value is -2.06. The Morgan fingerprint density at radius 2 is 2.12 bits per heavy atom. The number of methoxy groups -OCH3 is 1. The number of amides is 1. The molecule has 1 aliphatic heterocycles. The Bertz CT molecular complexity index is 747. The van der Waals surface area contributed by atoms with E-state index in [4.69, 9.17) is 21.7 Å². The summed E-state index contributed by atoms with van der Waals surface area (Å²) in [4.78, 5) is 25.8. The van der Waals surface area contributed by atoms with Gasteiger partial charge in [-0.25, -0.2) is 4.79 Å². The molecule has 2 rings (SSSR count). The van der Waals surface area contributed by atoms with E-state index in [1.54, 1.807) is 31.4 Å². The molecule has 1 amide bonds. The minimum atomic E-state index is -1.05. The highest BCUT2D eigenvalue weighted by Crippen LogP contribution is 2.36. The van der Waals surface area contributed by atoms with Crippen molar-refractivity contribution in [2.24, 2.45) is 0 Å². The third-order valence-electron chi connectivity index (χ3n) is 3.77. The summed E-state index contributed by atoms with van der Waals surface area (Å²) in [5.41, 5.74) is 0.744. The number of thioether (sulfide) groups is 1. The summed E-state index contributed by atoms with van der Waals surface area (Å²) >= 11 is 6.35. The molecule has 1 heterocycles. The highest BCUT2D eigenvalue weighted by atomic mass is 32.2. The molecule has 1 atom stereocenters. The summed E-state index contributed by atoms with van der Waals surface area (Å²) in [5.74, 6) is -0.250. The molecule has 6 nitrogen and oxygen atoms in total. The lowest BCUT2D eigenvalue weighted by Crippen LogP contribution is -2.43. The number of aliphatic carboxylic acids is 1. The molecule has 0 saturated carbocycles. The van der Waals surface area contributed by atoms with Crippen LogP contribution < -0.4 is 9.47 Å². The first-order valence-electron chi connectivity index (χ1n) is 8.23. The SMILES string of the molecule is CCCC(C(=O)O)N1C(=O)/C(=C/c2ccc(OCC)c(OC)c2)SC1=S. The topological polar surface area (TPSA) is 76.1 Å². The molecule has 1 fully saturated rings. The lowest BCUT2D eigenvalue weighted by atomic mass is 10.1. The average Bonchev–Trinajstić information content (AvgIpc) is 2.87. The summed E-state index contributed by atoms with van der Waals surface area (Å²) in [6.07, 6.45) is 2.68. The first-order valence-corrected chi connectivity index (χ1v) is 9.46. The van der Waals surface area contributed by atoms with Crippen LogP contribution >= 0.6 is 24.0 Å². The maximum absolute atomic E-state index is 12.7. The zero-order valence-electron chi connectivity index (χ0n) is 14.9. The quantitative estimate of drug-likeness (QED) is 0.533. The van der Waals surface area contributed by atoms with E-state index in [-0.39, 0.29) is 10.2 Å². The van der Waals surface area contributed by atoms with Crippen LogP contribution in [0.3, 0.4) is 0 Å². The van der Waals surface area contributed by atoms with E-state index in [0.29, 0.717) is 35.9 Å². The summed E-state index contributed by atoms with van der Waals surface area (Å²) in [6.45, 7) is 4.27. The van der Waals surface area contributed by atoms with E-state index in [0.717, 1.165) is 17.3 Å². The molecule has 0 radical (unpaired) electrons. The van der Waals surface area contributed by atoms with E-state index in [9.17, 15) is 14.7 Å². The predicted molar refractivity (Wildman–Crippen MR) is 106 cm³/mol. The van der Waals surface area contributed by atoms with Crippen molar-refractivity contribution in [3.8, 4) is 11.5 Å². The van der Waals surface area contributed by atoms with Gasteiger partial charge in [-0.05, 0) is 37.1 Å². The van der Waals surface area contributed by atoms with Gasteiger partial charge in [0.15, 0.2) is 11.5 Å². The van der Waals surface area contributed by atoms with Crippen LogP contribution in [0.25, 0.3) is 6.08 Å². The smallest absolute Gasteiger partial charge is 0.326 e. The third kappa shape index (κ3) is 4.37. The van der Waals surface area contributed by atoms with Crippen LogP contribution in [0.5, 0.6) is 11.5 Å². The van der Waals surface area contributed by atoms with Crippen LogP contribution in [0.2, 0.25) is 0 Å². The van der Waals surface area contributed by atoms with Gasteiger partial charge in [0.2, 0.25) is 0 Å². The van der Waals surface area contributed by atoms with E-state index >= 15 is 0 Å². The Morgan fingerprint density at radius 1 is 1.38 bits per heavy atom. The Balaban J connectivity index is 2.31. The molecule has 1 aromatic rings. The Kier molecular flexibility index (Phi) is 7.05. The average molecular weight is 396 g/mol. The van der Waals surface area contributed by atoms with E-state index in [1.807, 2.05) is 13.8 Å². The fourth-order valence-corrected chi connectivity index (χ4v) is 3.94. The number of rotatable bonds is 8. The number of carboxylic acids is 1. The monoisotopic (exact) mass is 395 g/mol. The van der Waals surface area contributed by atoms with Crippen molar-refractivity contribution in [1.29, 1.82) is 0 Å². The van der Waals surface area contributed by atoms with Gasteiger partial charge in [0.1, 0.15) is 10.4 Å². The molecule has 140 valence electrons. The highest BCUT2D eigenvalue weighted by molar-refractivity contribution is 8.26. The zero-order chi connectivity index (χ0) is 19.3. The van der Waals surface area contributed by atoms with Crippen molar-refractivity contribution in [3.05, 3.63) is 28.7 Å². The minimum Gasteiger partial charge on any atom is -0.493 e. The van der Waals surface area contributed by atoms with Crippen LogP contribution in [-0.4, -0.2) is 46.0 Å². The first kappa shape index (κ1) is 20.3. The molecule has 1 N–H and O–H groups in total. The van der Waals surface area contributed by atoms with Crippen molar-refractivity contribution < 1.29 is 24.2 Å². The number of nitrogens with zero attached hydrogens (tertiary/aromatic N) is 1. The number of carboxylic acid groups (broad SMARTS) is 1. The Labute approximate surface area is 162 Å². The largest absolute Gasteiger partial charge is 0.493 e. The lowest BCUT2D eigenvalue weighted by molar-refractivity contribution is -0.145. The van der Waals surface area contributed by atoms with E-state index in [1.165, 1.54) is 4.90 Å². The maximum atomic E-state index is 12.7. The fraction of sp³-hybridized carbons (Fsp3) is 0.389. The van der Waals surface area contributed by atoms with Crippen LogP contribution in [0, 0.1) is 0 Å². The van der Waals surface area contributed by atoms with E-state index < -0.39 is 12.0 Å². The lowest BCUT2D eigenvalue weighted by Gasteiger charge is -2.22. The van der Waals surface area contributed by atoms with Crippen LogP contribution in [0.15, 0.2) is 23.1 Å². The second-order valence-corrected chi connectivity index (χ2v) is 7.21. The van der Waals surface area contributed by atoms with Gasteiger partial charge in [0.25, 0.3) is 5.91 Å². The molecule has 1 aliphatic rings. The number of benzene rings is 1. The van der Waals surface area contributed by atoms with Crippen LogP contribution in [0.4, 0.5) is 0 Å². The van der Waals surface area contributed by atoms with Gasteiger partial charge in [0.05, 0.1) is 18.6 Å². The first-order chi connectivity index (χ1) is 12.4. The predicted octanol–water partition coefficient (Wildman–Crippen LogP) is 3.55. The number of carbonyl (C=O) groups excluding carboxylic acids is 1. The van der Waals surface area contributed by atoms with Crippen molar-refractivity contribution >= 4 is 46.3 Å². The summed E-state index contributed by atoms with van der Waals surface area (Å²) in [7, 11) is 1.54. The summed E-state index contributed by atoms with van der Waals surface area (Å²) in [6, 6.07) is 4.40. The van der Waals surface area contributed by atoms with Gasteiger partial charge >= 0.3 is 5.97 Å². The fourth-order valence-electron chi connectivity index (χ4n) is 2.59. The molecular formula is C18H21NO5S2. The molecule has 26 heavy (non-hydrogen) atoms. The molecule has 1 aromatic carbocycles. The third-order valence-corrected chi connectivity index (χ3v) is 5.10. The van der Waals surface area contributed by atoms with Gasteiger partial charge in [-0.1, -0.05) is 43.4 Å². The number of ether oxygens (including phenoxy) is 2. The highest BCUT2D eigenvalue weighted by Gasteiger charge is 2.39. The van der Waals surface area contributed by atoms with Gasteiger partial charge in [-0.2, -0.15) is 0 Å². The second-order valence-electron chi connectivity index (χ2n) is 5.54. The molecule has 0 aliphatic carbocycles. The van der Waals surface area contributed by atoms with Gasteiger partial charge in [-0.15, -0.1) is 0 Å². The Morgan fingerprint density at radius 3 is 2.69 bits per heavy atom. The van der Waals surface area contributed by atoms with Crippen LogP contribution in [0.1, 0.15) is 32.3 Å². The number of thiocarbonyl (C=S) groups is 1. The normalized spacial score (nSPS) is 16.9. The molecular weight excluding hydrogens is 374 g/mol. The van der Waals surface area contributed by atoms with Gasteiger partial charge in [-0.3, -0.25) is 9.69 Å². The standard InChI is InChI=1S/C18H21NO5S2/c1-4-6-12(17(21)22)19-16(20)15(26-18(19)25)10-11-7-8-13(24-5-2)14(9-11)23-3/h7-10,12H,4-6H2,1-3H3,(H,21,22)/b15-10-. The second kappa shape index (κ2) is 9.05. The van der Waals surface area contributed by atoms with Crippen molar-refractivity contribution in [1.82, 2.24) is 4.90 Å². The molecule has 0 bridgehead atoms. The van der Waals surface area contributed by atoms with Gasteiger partial charge in [0, 0.05) is 0 Å². The summed E-state index contributed by atoms with van der Waals surface area (Å²) < 4.78 is 11.1. The molecule has 1 saturated heterocycles. The molecule has 0 aromatic heterocycles. The maximum Gasteiger partial charge on any atom is 0.326 e. The summed E-state index contributed by atoms with van der Waals surface area (Å²) in [5, 5.41) is 9.41. The number of hydrogen-bond acceptors (Lipinski definition) is 6. The number of carbonyl (C=O) groups is 2. The zero-order valence-corrected chi connectivity index (χ0v) is 16.5. The van der Waals surface area contributed by atoms with E-state index in [2.05, 4.69) is 0 Å². The minimum absolute atomic E-state index is 0.264. The number of hydrogen-bond donors (Lipinski definition) is 1. The van der Waals surface area contributed by atoms with Crippen LogP contribution in [-0.2, 0) is 9.59 Å². The van der Waals surface area contributed by atoms with Crippen molar-refractivity contribution in [2.75, 3.05) is 13.7 Å². The molecule has 0 spiro atoms.